The summed E-state index contributed by atoms with van der Waals surface area (Å²) < 4.78 is 5.34. The first-order chi connectivity index (χ1) is 15.7. The Labute approximate surface area is 187 Å². The molecule has 0 spiro atoms. The fourth-order valence-corrected chi connectivity index (χ4v) is 5.36. The Bertz CT molecular complexity index is 1130. The topological polar surface area (TPSA) is 74.4 Å². The second kappa shape index (κ2) is 8.79. The van der Waals surface area contributed by atoms with E-state index in [1.807, 2.05) is 59.6 Å². The van der Waals surface area contributed by atoms with E-state index in [9.17, 15) is 9.59 Å². The number of ether oxygens (including phenoxy) is 1. The van der Waals surface area contributed by atoms with Gasteiger partial charge in [0.2, 0.25) is 5.91 Å². The van der Waals surface area contributed by atoms with Crippen molar-refractivity contribution in [3.63, 3.8) is 0 Å². The van der Waals surface area contributed by atoms with E-state index in [1.54, 1.807) is 7.11 Å². The lowest BCUT2D eigenvalue weighted by Gasteiger charge is -2.41. The largest absolute Gasteiger partial charge is 0.383 e. The highest BCUT2D eigenvalue weighted by molar-refractivity contribution is 6.02. The highest BCUT2D eigenvalue weighted by atomic mass is 16.5. The molecular weight excluding hydrogens is 402 g/mol. The number of fused-ring (bicyclic) bond motifs is 2. The van der Waals surface area contributed by atoms with Crippen molar-refractivity contribution in [1.29, 1.82) is 0 Å². The number of methoxy groups -OCH3 is 1. The Morgan fingerprint density at radius 2 is 1.84 bits per heavy atom. The maximum atomic E-state index is 13.8. The Balaban J connectivity index is 1.65. The second-order valence-electron chi connectivity index (χ2n) is 8.78. The van der Waals surface area contributed by atoms with Gasteiger partial charge in [-0.25, -0.2) is 0 Å². The van der Waals surface area contributed by atoms with E-state index in [1.165, 1.54) is 0 Å². The molecule has 1 aliphatic carbocycles. The summed E-state index contributed by atoms with van der Waals surface area (Å²) in [5, 5.41) is 4.34. The van der Waals surface area contributed by atoms with Crippen molar-refractivity contribution < 1.29 is 14.3 Å². The SMILES string of the molecule is COCCN1C(=O)c2ccccc2C(C(=O)NC2CCCC2)C1c1c[nH]c2ccccc12. The molecule has 2 aliphatic rings. The summed E-state index contributed by atoms with van der Waals surface area (Å²) in [6.07, 6.45) is 6.29. The van der Waals surface area contributed by atoms with Crippen molar-refractivity contribution in [2.75, 3.05) is 20.3 Å². The van der Waals surface area contributed by atoms with Gasteiger partial charge in [-0.05, 0) is 30.5 Å². The van der Waals surface area contributed by atoms with Crippen LogP contribution in [-0.4, -0.2) is 48.0 Å². The standard InChI is InChI=1S/C26H29N3O3/c1-32-15-14-29-24(21-16-27-22-13-7-6-10-18(21)22)23(25(30)28-17-8-2-3-9-17)19-11-4-5-12-20(19)26(29)31/h4-7,10-13,16-17,23-24,27H,2-3,8-9,14-15H2,1H3,(H,28,30). The molecule has 1 saturated carbocycles. The lowest BCUT2D eigenvalue weighted by molar-refractivity contribution is -0.125. The van der Waals surface area contributed by atoms with Gasteiger partial charge in [-0.1, -0.05) is 49.2 Å². The first kappa shape index (κ1) is 20.8. The van der Waals surface area contributed by atoms with Crippen LogP contribution in [0.2, 0.25) is 0 Å². The van der Waals surface area contributed by atoms with Crippen molar-refractivity contribution >= 4 is 22.7 Å². The van der Waals surface area contributed by atoms with Crippen LogP contribution in [0.4, 0.5) is 0 Å². The molecule has 2 atom stereocenters. The number of hydrogen-bond acceptors (Lipinski definition) is 3. The summed E-state index contributed by atoms with van der Waals surface area (Å²) in [5.41, 5.74) is 3.37. The summed E-state index contributed by atoms with van der Waals surface area (Å²) in [6.45, 7) is 0.824. The van der Waals surface area contributed by atoms with Crippen LogP contribution < -0.4 is 5.32 Å². The minimum Gasteiger partial charge on any atom is -0.383 e. The number of aromatic amines is 1. The van der Waals surface area contributed by atoms with Gasteiger partial charge in [0.25, 0.3) is 5.91 Å². The van der Waals surface area contributed by atoms with Gasteiger partial charge in [-0.15, -0.1) is 0 Å². The predicted octanol–water partition coefficient (Wildman–Crippen LogP) is 4.15. The molecule has 166 valence electrons. The first-order valence-electron chi connectivity index (χ1n) is 11.4. The van der Waals surface area contributed by atoms with Crippen LogP contribution >= 0.6 is 0 Å². The van der Waals surface area contributed by atoms with E-state index in [0.717, 1.165) is 47.7 Å². The van der Waals surface area contributed by atoms with E-state index in [2.05, 4.69) is 10.3 Å². The molecule has 32 heavy (non-hydrogen) atoms. The number of rotatable bonds is 6. The molecule has 2 N–H and O–H groups in total. The average Bonchev–Trinajstić information content (AvgIpc) is 3.48. The van der Waals surface area contributed by atoms with Gasteiger partial charge < -0.3 is 19.9 Å². The Hall–Kier alpha value is -3.12. The zero-order valence-electron chi connectivity index (χ0n) is 18.3. The van der Waals surface area contributed by atoms with Crippen molar-refractivity contribution in [3.05, 3.63) is 71.4 Å². The molecule has 0 radical (unpaired) electrons. The van der Waals surface area contributed by atoms with Crippen LogP contribution in [0.3, 0.4) is 0 Å². The molecule has 0 bridgehead atoms. The number of para-hydroxylation sites is 1. The number of H-pyrrole nitrogens is 1. The van der Waals surface area contributed by atoms with Crippen LogP contribution in [-0.2, 0) is 9.53 Å². The first-order valence-corrected chi connectivity index (χ1v) is 11.4. The van der Waals surface area contributed by atoms with Gasteiger partial charge >= 0.3 is 0 Å². The number of nitrogens with one attached hydrogen (secondary N) is 2. The molecule has 5 rings (SSSR count). The van der Waals surface area contributed by atoms with E-state index < -0.39 is 12.0 Å². The monoisotopic (exact) mass is 431 g/mol. The third-order valence-electron chi connectivity index (χ3n) is 6.90. The van der Waals surface area contributed by atoms with Gasteiger partial charge in [0.05, 0.1) is 18.6 Å². The molecule has 2 heterocycles. The number of carbonyl (C=O) groups excluding carboxylic acids is 2. The van der Waals surface area contributed by atoms with Crippen LogP contribution in [0.15, 0.2) is 54.7 Å². The summed E-state index contributed by atoms with van der Waals surface area (Å²) >= 11 is 0. The van der Waals surface area contributed by atoms with Crippen molar-refractivity contribution in [2.24, 2.45) is 0 Å². The van der Waals surface area contributed by atoms with Gasteiger partial charge in [-0.2, -0.15) is 0 Å². The molecule has 1 aliphatic heterocycles. The Kier molecular flexibility index (Phi) is 5.70. The third kappa shape index (κ3) is 3.58. The van der Waals surface area contributed by atoms with E-state index >= 15 is 0 Å². The summed E-state index contributed by atoms with van der Waals surface area (Å²) in [7, 11) is 1.63. The molecule has 0 saturated heterocycles. The highest BCUT2D eigenvalue weighted by Gasteiger charge is 2.45. The van der Waals surface area contributed by atoms with Crippen LogP contribution in [0.1, 0.15) is 59.1 Å². The number of hydrogen-bond donors (Lipinski definition) is 2. The van der Waals surface area contributed by atoms with Gasteiger partial charge in [0.15, 0.2) is 0 Å². The number of amides is 2. The summed E-state index contributed by atoms with van der Waals surface area (Å²) in [6, 6.07) is 15.4. The van der Waals surface area contributed by atoms with E-state index in [4.69, 9.17) is 4.74 Å². The fraction of sp³-hybridized carbons (Fsp3) is 0.385. The fourth-order valence-electron chi connectivity index (χ4n) is 5.36. The minimum absolute atomic E-state index is 0.00505. The van der Waals surface area contributed by atoms with Crippen molar-refractivity contribution in [1.82, 2.24) is 15.2 Å². The van der Waals surface area contributed by atoms with Gasteiger partial charge in [-0.3, -0.25) is 9.59 Å². The van der Waals surface area contributed by atoms with Gasteiger partial charge in [0.1, 0.15) is 0 Å². The Morgan fingerprint density at radius 3 is 2.66 bits per heavy atom. The summed E-state index contributed by atoms with van der Waals surface area (Å²) in [5.74, 6) is -0.548. The smallest absolute Gasteiger partial charge is 0.254 e. The molecule has 1 aromatic heterocycles. The second-order valence-corrected chi connectivity index (χ2v) is 8.78. The molecule has 6 heteroatoms. The highest BCUT2D eigenvalue weighted by Crippen LogP contribution is 2.45. The molecule has 2 unspecified atom stereocenters. The normalized spacial score (nSPS) is 21.2. The lowest BCUT2D eigenvalue weighted by Crippen LogP contribution is -2.49. The number of carbonyl (C=O) groups is 2. The molecule has 2 amide bonds. The van der Waals surface area contributed by atoms with Crippen molar-refractivity contribution in [3.8, 4) is 0 Å². The average molecular weight is 432 g/mol. The predicted molar refractivity (Wildman–Crippen MR) is 124 cm³/mol. The lowest BCUT2D eigenvalue weighted by atomic mass is 9.79. The molecule has 3 aromatic rings. The van der Waals surface area contributed by atoms with Crippen LogP contribution in [0.25, 0.3) is 10.9 Å². The van der Waals surface area contributed by atoms with Gasteiger partial charge in [0, 0.05) is 47.9 Å². The maximum absolute atomic E-state index is 13.8. The number of benzene rings is 2. The molecule has 1 fully saturated rings. The minimum atomic E-state index is -0.486. The van der Waals surface area contributed by atoms with E-state index in [0.29, 0.717) is 18.7 Å². The van der Waals surface area contributed by atoms with Crippen molar-refractivity contribution in [2.45, 2.75) is 43.7 Å². The third-order valence-corrected chi connectivity index (χ3v) is 6.90. The number of aromatic nitrogens is 1. The van der Waals surface area contributed by atoms with Crippen LogP contribution in [0.5, 0.6) is 0 Å². The zero-order valence-corrected chi connectivity index (χ0v) is 18.3. The van der Waals surface area contributed by atoms with E-state index in [-0.39, 0.29) is 17.9 Å². The molecule has 6 nitrogen and oxygen atoms in total. The molecular formula is C26H29N3O3. The zero-order chi connectivity index (χ0) is 22.1. The Morgan fingerprint density at radius 1 is 1.09 bits per heavy atom. The number of nitrogens with zero attached hydrogens (tertiary/aromatic N) is 1. The molecule has 2 aromatic carbocycles. The quantitative estimate of drug-likeness (QED) is 0.616. The van der Waals surface area contributed by atoms with Crippen LogP contribution in [0, 0.1) is 0 Å². The summed E-state index contributed by atoms with van der Waals surface area (Å²) in [4.78, 5) is 32.6. The maximum Gasteiger partial charge on any atom is 0.254 e.